The minimum absolute atomic E-state index is 0.175. The van der Waals surface area contributed by atoms with E-state index in [9.17, 15) is 14.4 Å². The van der Waals surface area contributed by atoms with E-state index >= 15 is 0 Å². The maximum absolute atomic E-state index is 13.2. The summed E-state index contributed by atoms with van der Waals surface area (Å²) in [6.45, 7) is 4.87. The minimum Gasteiger partial charge on any atom is -0.494 e. The fourth-order valence-corrected chi connectivity index (χ4v) is 4.66. The molecule has 3 aromatic heterocycles. The average Bonchev–Trinajstić information content (AvgIpc) is 3.53. The van der Waals surface area contributed by atoms with Crippen LogP contribution >= 0.6 is 0 Å². The van der Waals surface area contributed by atoms with Gasteiger partial charge in [-0.3, -0.25) is 24.0 Å². The van der Waals surface area contributed by atoms with E-state index < -0.39 is 11.2 Å². The molecule has 0 unspecified atom stereocenters. The molecule has 0 saturated heterocycles. The van der Waals surface area contributed by atoms with E-state index in [1.807, 2.05) is 73.0 Å². The number of amides is 1. The summed E-state index contributed by atoms with van der Waals surface area (Å²) >= 11 is 0. The summed E-state index contributed by atoms with van der Waals surface area (Å²) in [6.07, 6.45) is 1.39. The second-order valence-electron chi connectivity index (χ2n) is 9.00. The molecule has 2 aromatic carbocycles. The lowest BCUT2D eigenvalue weighted by Gasteiger charge is -2.12. The van der Waals surface area contributed by atoms with Crippen LogP contribution in [0.1, 0.15) is 13.8 Å². The van der Waals surface area contributed by atoms with Crippen molar-refractivity contribution in [2.75, 3.05) is 11.9 Å². The number of hydrogen-bond donors (Lipinski definition) is 1. The molecule has 200 valence electrons. The summed E-state index contributed by atoms with van der Waals surface area (Å²) < 4.78 is 11.3. The number of benzene rings is 2. The van der Waals surface area contributed by atoms with Crippen molar-refractivity contribution in [3.8, 4) is 28.3 Å². The van der Waals surface area contributed by atoms with E-state index in [0.717, 1.165) is 32.8 Å². The molecular weight excluding hydrogens is 498 g/mol. The van der Waals surface area contributed by atoms with Crippen molar-refractivity contribution >= 4 is 23.0 Å². The molecule has 0 spiro atoms. The summed E-state index contributed by atoms with van der Waals surface area (Å²) in [5.74, 6) is 0.764. The van der Waals surface area contributed by atoms with Gasteiger partial charge in [0.25, 0.3) is 5.56 Å². The lowest BCUT2D eigenvalue weighted by molar-refractivity contribution is -0.116. The largest absolute Gasteiger partial charge is 0.494 e. The molecule has 11 nitrogen and oxygen atoms in total. The Labute approximate surface area is 223 Å². The summed E-state index contributed by atoms with van der Waals surface area (Å²) in [5, 5.41) is 2.92. The van der Waals surface area contributed by atoms with Crippen molar-refractivity contribution in [1.82, 2.24) is 28.2 Å². The third-order valence-electron chi connectivity index (χ3n) is 6.55. The average molecular weight is 528 g/mol. The fraction of sp³-hybridized carbons (Fsp3) is 0.250. The van der Waals surface area contributed by atoms with Crippen LogP contribution < -0.4 is 21.3 Å². The quantitative estimate of drug-likeness (QED) is 0.332. The summed E-state index contributed by atoms with van der Waals surface area (Å²) in [6, 6.07) is 17.6. The van der Waals surface area contributed by atoms with Crippen LogP contribution in [0.25, 0.3) is 33.7 Å². The van der Waals surface area contributed by atoms with Crippen molar-refractivity contribution in [2.45, 2.75) is 26.9 Å². The first kappa shape index (κ1) is 25.7. The van der Waals surface area contributed by atoms with Crippen LogP contribution in [0.5, 0.6) is 5.75 Å². The highest BCUT2D eigenvalue weighted by Gasteiger charge is 2.22. The van der Waals surface area contributed by atoms with Gasteiger partial charge in [-0.15, -0.1) is 0 Å². The molecule has 0 aliphatic heterocycles. The maximum Gasteiger partial charge on any atom is 0.332 e. The van der Waals surface area contributed by atoms with E-state index in [1.54, 1.807) is 0 Å². The van der Waals surface area contributed by atoms with E-state index in [2.05, 4.69) is 10.3 Å². The van der Waals surface area contributed by atoms with Crippen molar-refractivity contribution < 1.29 is 9.53 Å². The molecule has 5 rings (SSSR count). The molecule has 0 atom stereocenters. The van der Waals surface area contributed by atoms with Gasteiger partial charge in [-0.05, 0) is 38.1 Å². The number of nitrogens with one attached hydrogen (secondary N) is 1. The lowest BCUT2D eigenvalue weighted by Crippen LogP contribution is -2.37. The van der Waals surface area contributed by atoms with Crippen LogP contribution in [0.4, 0.5) is 5.95 Å². The number of hydrogen-bond acceptors (Lipinski definition) is 6. The molecule has 0 aliphatic rings. The predicted octanol–water partition coefficient (Wildman–Crippen LogP) is 3.02. The van der Waals surface area contributed by atoms with Crippen molar-refractivity contribution in [3.05, 3.63) is 81.8 Å². The zero-order valence-electron chi connectivity index (χ0n) is 22.2. The summed E-state index contributed by atoms with van der Waals surface area (Å²) in [5.41, 5.74) is 2.82. The number of ether oxygens (including phenoxy) is 1. The highest BCUT2D eigenvalue weighted by atomic mass is 16.5. The second kappa shape index (κ2) is 10.4. The number of fused-ring (bicyclic) bond motifs is 1. The van der Waals surface area contributed by atoms with Crippen LogP contribution in [-0.4, -0.2) is 40.8 Å². The summed E-state index contributed by atoms with van der Waals surface area (Å²) in [4.78, 5) is 47.3. The van der Waals surface area contributed by atoms with Crippen LogP contribution in [-0.2, 0) is 32.0 Å². The maximum atomic E-state index is 13.2. The Morgan fingerprint density at radius 2 is 1.67 bits per heavy atom. The molecule has 1 N–H and O–H groups in total. The SMILES string of the molecule is CCOc1ccc(-c2nc(NC(=O)Cn3cnc4c3c(=O)n(C)c(=O)n4C)n(CC)c2-c2ccccc2)cc1. The normalized spacial score (nSPS) is 11.2. The number of carbonyl (C=O) groups is 1. The van der Waals surface area contributed by atoms with E-state index in [4.69, 9.17) is 9.72 Å². The van der Waals surface area contributed by atoms with Crippen LogP contribution in [0, 0.1) is 0 Å². The first-order valence-electron chi connectivity index (χ1n) is 12.6. The molecule has 0 aliphatic carbocycles. The Hall–Kier alpha value is -4.93. The highest BCUT2D eigenvalue weighted by Crippen LogP contribution is 2.35. The van der Waals surface area contributed by atoms with E-state index in [1.165, 1.54) is 29.6 Å². The van der Waals surface area contributed by atoms with Gasteiger partial charge in [0.1, 0.15) is 12.3 Å². The van der Waals surface area contributed by atoms with E-state index in [0.29, 0.717) is 19.1 Å². The van der Waals surface area contributed by atoms with Gasteiger partial charge < -0.3 is 13.9 Å². The molecule has 11 heteroatoms. The molecule has 3 heterocycles. The molecule has 0 radical (unpaired) electrons. The smallest absolute Gasteiger partial charge is 0.332 e. The number of carbonyl (C=O) groups excluding carboxylic acids is 1. The topological polar surface area (TPSA) is 118 Å². The standard InChI is InChI=1S/C28H29N7O4/c1-5-35-23(19-10-8-7-9-11-19)22(18-12-14-20(15-13-18)39-6-2)31-27(35)30-21(36)16-34-17-29-25-24(34)26(37)33(4)28(38)32(25)3/h7-15,17H,5-6,16H2,1-4H3,(H,30,31,36). The Morgan fingerprint density at radius 1 is 0.949 bits per heavy atom. The number of nitrogens with zero attached hydrogens (tertiary/aromatic N) is 6. The number of aromatic nitrogens is 6. The summed E-state index contributed by atoms with van der Waals surface area (Å²) in [7, 11) is 2.93. The molecule has 39 heavy (non-hydrogen) atoms. The first-order valence-corrected chi connectivity index (χ1v) is 12.6. The third kappa shape index (κ3) is 4.63. The Balaban J connectivity index is 1.53. The first-order chi connectivity index (χ1) is 18.8. The van der Waals surface area contributed by atoms with Gasteiger partial charge in [-0.2, -0.15) is 0 Å². The number of rotatable bonds is 8. The third-order valence-corrected chi connectivity index (χ3v) is 6.55. The van der Waals surface area contributed by atoms with Gasteiger partial charge in [0.05, 0.1) is 24.3 Å². The molecule has 5 aromatic rings. The van der Waals surface area contributed by atoms with Crippen LogP contribution in [0.15, 0.2) is 70.5 Å². The molecule has 0 bridgehead atoms. The Bertz CT molecular complexity index is 1780. The van der Waals surface area contributed by atoms with Gasteiger partial charge in [0.2, 0.25) is 11.9 Å². The van der Waals surface area contributed by atoms with Crippen molar-refractivity contribution in [2.24, 2.45) is 14.1 Å². The molecule has 1 amide bonds. The molecule has 0 fully saturated rings. The monoisotopic (exact) mass is 527 g/mol. The van der Waals surface area contributed by atoms with Gasteiger partial charge in [-0.1, -0.05) is 30.3 Å². The van der Waals surface area contributed by atoms with Crippen molar-refractivity contribution in [1.29, 1.82) is 0 Å². The number of anilines is 1. The number of imidazole rings is 2. The van der Waals surface area contributed by atoms with Gasteiger partial charge in [0, 0.05) is 31.8 Å². The Morgan fingerprint density at radius 3 is 2.33 bits per heavy atom. The minimum atomic E-state index is -0.516. The predicted molar refractivity (Wildman–Crippen MR) is 149 cm³/mol. The van der Waals surface area contributed by atoms with Crippen LogP contribution in [0.2, 0.25) is 0 Å². The Kier molecular flexibility index (Phi) is 6.88. The van der Waals surface area contributed by atoms with E-state index in [-0.39, 0.29) is 23.6 Å². The van der Waals surface area contributed by atoms with Crippen LogP contribution in [0.3, 0.4) is 0 Å². The van der Waals surface area contributed by atoms with Gasteiger partial charge in [0.15, 0.2) is 11.2 Å². The zero-order chi connectivity index (χ0) is 27.7. The second-order valence-corrected chi connectivity index (χ2v) is 9.00. The van der Waals surface area contributed by atoms with Gasteiger partial charge in [-0.25, -0.2) is 14.8 Å². The fourth-order valence-electron chi connectivity index (χ4n) is 4.66. The number of aryl methyl sites for hydroxylation is 1. The molecule has 0 saturated carbocycles. The van der Waals surface area contributed by atoms with Crippen molar-refractivity contribution in [3.63, 3.8) is 0 Å². The highest BCUT2D eigenvalue weighted by molar-refractivity contribution is 5.92. The lowest BCUT2D eigenvalue weighted by atomic mass is 10.0. The van der Waals surface area contributed by atoms with Gasteiger partial charge >= 0.3 is 5.69 Å². The zero-order valence-corrected chi connectivity index (χ0v) is 22.2. The molecular formula is C28H29N7O4.